The summed E-state index contributed by atoms with van der Waals surface area (Å²) in [6.45, 7) is 0.370. The van der Waals surface area contributed by atoms with E-state index in [4.69, 9.17) is 5.26 Å². The number of hydrogen-bond donors (Lipinski definition) is 1. The van der Waals surface area contributed by atoms with E-state index in [0.29, 0.717) is 13.0 Å². The molecule has 19 heavy (non-hydrogen) atoms. The van der Waals surface area contributed by atoms with Crippen molar-refractivity contribution in [2.45, 2.75) is 13.0 Å². The van der Waals surface area contributed by atoms with Gasteiger partial charge in [-0.3, -0.25) is 4.79 Å². The van der Waals surface area contributed by atoms with Crippen LogP contribution in [0.1, 0.15) is 11.3 Å². The highest BCUT2D eigenvalue weighted by molar-refractivity contribution is 7.07. The Bertz CT molecular complexity index is 560. The molecule has 1 unspecified atom stereocenters. The molecular formula is C14H13N3OS. The quantitative estimate of drug-likeness (QED) is 0.906. The molecule has 5 heteroatoms. The molecule has 1 N–H and O–H groups in total. The number of benzene rings is 1. The van der Waals surface area contributed by atoms with Gasteiger partial charge in [-0.15, -0.1) is 11.3 Å². The summed E-state index contributed by atoms with van der Waals surface area (Å²) in [5, 5.41) is 13.7. The lowest BCUT2D eigenvalue weighted by molar-refractivity contribution is -0.123. The lowest BCUT2D eigenvalue weighted by atomic mass is 10.00. The molecule has 0 saturated carbocycles. The van der Waals surface area contributed by atoms with Crippen LogP contribution in [-0.2, 0) is 17.8 Å². The van der Waals surface area contributed by atoms with E-state index in [1.54, 1.807) is 5.51 Å². The lowest BCUT2D eigenvalue weighted by Gasteiger charge is -2.09. The number of amides is 1. The molecule has 1 aromatic heterocycles. The fourth-order valence-electron chi connectivity index (χ4n) is 1.67. The number of nitrogens with zero attached hydrogens (tertiary/aromatic N) is 2. The predicted molar refractivity (Wildman–Crippen MR) is 73.2 cm³/mol. The van der Waals surface area contributed by atoms with E-state index >= 15 is 0 Å². The number of nitrogens with one attached hydrogen (secondary N) is 1. The summed E-state index contributed by atoms with van der Waals surface area (Å²) in [6.07, 6.45) is 0.431. The summed E-state index contributed by atoms with van der Waals surface area (Å²) < 4.78 is 0. The maximum Gasteiger partial charge on any atom is 0.238 e. The molecule has 0 bridgehead atoms. The van der Waals surface area contributed by atoms with Gasteiger partial charge in [-0.1, -0.05) is 30.3 Å². The molecule has 0 aliphatic carbocycles. The molecule has 0 saturated heterocycles. The minimum Gasteiger partial charge on any atom is -0.349 e. The Balaban J connectivity index is 1.90. The zero-order valence-corrected chi connectivity index (χ0v) is 11.1. The van der Waals surface area contributed by atoms with E-state index in [2.05, 4.69) is 16.4 Å². The van der Waals surface area contributed by atoms with Crippen molar-refractivity contribution >= 4 is 17.2 Å². The molecule has 1 aromatic carbocycles. The van der Waals surface area contributed by atoms with Gasteiger partial charge in [0, 0.05) is 5.38 Å². The van der Waals surface area contributed by atoms with E-state index in [-0.39, 0.29) is 5.91 Å². The van der Waals surface area contributed by atoms with Crippen LogP contribution >= 0.6 is 11.3 Å². The van der Waals surface area contributed by atoms with Gasteiger partial charge in [-0.05, 0) is 12.0 Å². The third-order valence-electron chi connectivity index (χ3n) is 2.68. The van der Waals surface area contributed by atoms with E-state index in [1.165, 1.54) is 11.3 Å². The average Bonchev–Trinajstić information content (AvgIpc) is 2.96. The van der Waals surface area contributed by atoms with Crippen molar-refractivity contribution in [3.8, 4) is 6.07 Å². The highest BCUT2D eigenvalue weighted by Gasteiger charge is 2.18. The highest BCUT2D eigenvalue weighted by atomic mass is 32.1. The first-order valence-corrected chi connectivity index (χ1v) is 6.82. The Morgan fingerprint density at radius 3 is 2.84 bits per heavy atom. The Morgan fingerprint density at radius 1 is 1.42 bits per heavy atom. The first-order chi connectivity index (χ1) is 9.29. The average molecular weight is 271 g/mol. The van der Waals surface area contributed by atoms with Crippen molar-refractivity contribution in [2.24, 2.45) is 5.92 Å². The Hall–Kier alpha value is -2.19. The number of rotatable bonds is 5. The van der Waals surface area contributed by atoms with Crippen LogP contribution in [0.3, 0.4) is 0 Å². The van der Waals surface area contributed by atoms with Crippen molar-refractivity contribution in [1.29, 1.82) is 5.26 Å². The van der Waals surface area contributed by atoms with Crippen molar-refractivity contribution in [2.75, 3.05) is 0 Å². The summed E-state index contributed by atoms with van der Waals surface area (Å²) >= 11 is 1.48. The Labute approximate surface area is 115 Å². The van der Waals surface area contributed by atoms with Gasteiger partial charge in [-0.2, -0.15) is 5.26 Å². The van der Waals surface area contributed by atoms with Crippen LogP contribution in [0.15, 0.2) is 41.2 Å². The van der Waals surface area contributed by atoms with Gasteiger partial charge < -0.3 is 5.32 Å². The number of thiazole rings is 1. The number of nitriles is 1. The third-order valence-corrected chi connectivity index (χ3v) is 3.32. The third kappa shape index (κ3) is 3.90. The summed E-state index contributed by atoms with van der Waals surface area (Å²) in [4.78, 5) is 16.0. The predicted octanol–water partition coefficient (Wildman–Crippen LogP) is 2.14. The molecule has 96 valence electrons. The van der Waals surface area contributed by atoms with Crippen LogP contribution in [0.4, 0.5) is 0 Å². The molecule has 0 aliphatic heterocycles. The van der Waals surface area contributed by atoms with Gasteiger partial charge in [0.2, 0.25) is 5.91 Å². The maximum absolute atomic E-state index is 11.9. The van der Waals surface area contributed by atoms with Gasteiger partial charge in [-0.25, -0.2) is 4.98 Å². The van der Waals surface area contributed by atoms with Crippen LogP contribution < -0.4 is 5.32 Å². The molecule has 2 rings (SSSR count). The van der Waals surface area contributed by atoms with Crippen LogP contribution in [0, 0.1) is 17.2 Å². The highest BCUT2D eigenvalue weighted by Crippen LogP contribution is 2.09. The molecule has 0 aliphatic rings. The topological polar surface area (TPSA) is 65.8 Å². The minimum atomic E-state index is -0.666. The van der Waals surface area contributed by atoms with Crippen molar-refractivity contribution in [1.82, 2.24) is 10.3 Å². The number of aromatic nitrogens is 1. The monoisotopic (exact) mass is 271 g/mol. The second-order valence-electron chi connectivity index (χ2n) is 4.07. The zero-order valence-electron chi connectivity index (χ0n) is 10.2. The molecule has 2 aromatic rings. The first kappa shape index (κ1) is 13.2. The molecule has 0 spiro atoms. The molecule has 0 fully saturated rings. The molecule has 1 heterocycles. The van der Waals surface area contributed by atoms with E-state index in [1.807, 2.05) is 35.7 Å². The number of hydrogen-bond acceptors (Lipinski definition) is 4. The summed E-state index contributed by atoms with van der Waals surface area (Å²) in [7, 11) is 0. The molecular weight excluding hydrogens is 258 g/mol. The van der Waals surface area contributed by atoms with Gasteiger partial charge in [0.25, 0.3) is 0 Å². The Morgan fingerprint density at radius 2 is 2.21 bits per heavy atom. The smallest absolute Gasteiger partial charge is 0.238 e. The minimum absolute atomic E-state index is 0.251. The first-order valence-electron chi connectivity index (χ1n) is 5.88. The largest absolute Gasteiger partial charge is 0.349 e. The Kier molecular flexibility index (Phi) is 4.65. The van der Waals surface area contributed by atoms with Gasteiger partial charge >= 0.3 is 0 Å². The fourth-order valence-corrected chi connectivity index (χ4v) is 2.23. The summed E-state index contributed by atoms with van der Waals surface area (Å²) in [6, 6.07) is 11.6. The second kappa shape index (κ2) is 6.66. The standard InChI is InChI=1S/C14H13N3OS/c15-7-12(6-11-4-2-1-3-5-11)14(18)16-8-13-9-19-10-17-13/h1-5,9-10,12H,6,8H2,(H,16,18). The zero-order chi connectivity index (χ0) is 13.5. The van der Waals surface area contributed by atoms with E-state index in [0.717, 1.165) is 11.3 Å². The van der Waals surface area contributed by atoms with Crippen molar-refractivity contribution in [3.63, 3.8) is 0 Å². The van der Waals surface area contributed by atoms with E-state index < -0.39 is 5.92 Å². The summed E-state index contributed by atoms with van der Waals surface area (Å²) in [5.74, 6) is -0.916. The van der Waals surface area contributed by atoms with Crippen LogP contribution in [0.2, 0.25) is 0 Å². The van der Waals surface area contributed by atoms with Crippen LogP contribution in [-0.4, -0.2) is 10.9 Å². The molecule has 4 nitrogen and oxygen atoms in total. The second-order valence-corrected chi connectivity index (χ2v) is 4.79. The van der Waals surface area contributed by atoms with Crippen LogP contribution in [0.25, 0.3) is 0 Å². The van der Waals surface area contributed by atoms with E-state index in [9.17, 15) is 4.79 Å². The van der Waals surface area contributed by atoms with Gasteiger partial charge in [0.1, 0.15) is 5.92 Å². The van der Waals surface area contributed by atoms with Gasteiger partial charge in [0.05, 0.1) is 23.8 Å². The van der Waals surface area contributed by atoms with Crippen molar-refractivity contribution in [3.05, 3.63) is 52.5 Å². The summed E-state index contributed by atoms with van der Waals surface area (Å²) in [5.41, 5.74) is 3.51. The molecule has 1 atom stereocenters. The lowest BCUT2D eigenvalue weighted by Crippen LogP contribution is -2.30. The normalized spacial score (nSPS) is 11.5. The van der Waals surface area contributed by atoms with Gasteiger partial charge in [0.15, 0.2) is 0 Å². The fraction of sp³-hybridized carbons (Fsp3) is 0.214. The van der Waals surface area contributed by atoms with Crippen LogP contribution in [0.5, 0.6) is 0 Å². The number of carbonyl (C=O) groups excluding carboxylic acids is 1. The van der Waals surface area contributed by atoms with Crippen molar-refractivity contribution < 1.29 is 4.79 Å². The number of carbonyl (C=O) groups is 1. The molecule has 0 radical (unpaired) electrons. The maximum atomic E-state index is 11.9. The molecule has 1 amide bonds. The SMILES string of the molecule is N#CC(Cc1ccccc1)C(=O)NCc1cscn1.